The lowest BCUT2D eigenvalue weighted by molar-refractivity contribution is 0.416. The third-order valence-electron chi connectivity index (χ3n) is 2.32. The zero-order chi connectivity index (χ0) is 13.8. The van der Waals surface area contributed by atoms with Gasteiger partial charge in [0.2, 0.25) is 10.0 Å². The summed E-state index contributed by atoms with van der Waals surface area (Å²) in [5, 5.41) is 2.68. The molecule has 0 saturated carbocycles. The molecule has 0 bridgehead atoms. The lowest BCUT2D eigenvalue weighted by atomic mass is 10.2. The third kappa shape index (κ3) is 3.74. The molecule has 0 aliphatic heterocycles. The zero-order valence-electron chi connectivity index (χ0n) is 10.2. The Bertz CT molecular complexity index is 519. The molecule has 4 N–H and O–H groups in total. The maximum absolute atomic E-state index is 13.5. The van der Waals surface area contributed by atoms with E-state index in [-0.39, 0.29) is 23.7 Å². The second kappa shape index (κ2) is 5.87. The lowest BCUT2D eigenvalue weighted by Gasteiger charge is -2.11. The number of methoxy groups -OCH3 is 1. The van der Waals surface area contributed by atoms with Crippen molar-refractivity contribution in [1.29, 1.82) is 0 Å². The Balaban J connectivity index is 2.74. The smallest absolute Gasteiger partial charge is 0.213 e. The van der Waals surface area contributed by atoms with E-state index in [1.807, 2.05) is 0 Å². The minimum Gasteiger partial charge on any atom is -0.495 e. The molecule has 8 heteroatoms. The molecule has 1 aromatic rings. The van der Waals surface area contributed by atoms with Gasteiger partial charge >= 0.3 is 0 Å². The van der Waals surface area contributed by atoms with Crippen LogP contribution in [0.3, 0.4) is 0 Å². The Hall–Kier alpha value is -1.54. The van der Waals surface area contributed by atoms with Crippen LogP contribution in [0.1, 0.15) is 0 Å². The van der Waals surface area contributed by atoms with Gasteiger partial charge in [-0.1, -0.05) is 0 Å². The average Bonchev–Trinajstić information content (AvgIpc) is 2.32. The summed E-state index contributed by atoms with van der Waals surface area (Å²) in [6, 6.07) is 2.50. The van der Waals surface area contributed by atoms with E-state index in [1.54, 1.807) is 0 Å². The zero-order valence-corrected chi connectivity index (χ0v) is 11.0. The van der Waals surface area contributed by atoms with Crippen molar-refractivity contribution >= 4 is 21.4 Å². The fraction of sp³-hybridized carbons (Fsp3) is 0.400. The number of halogens is 1. The molecule has 18 heavy (non-hydrogen) atoms. The SMILES string of the molecule is CNS(=O)(=O)CCNc1cc(OC)c(N)cc1F. The van der Waals surface area contributed by atoms with Crippen molar-refractivity contribution in [2.75, 3.05) is 37.5 Å². The van der Waals surface area contributed by atoms with Gasteiger partial charge in [0.25, 0.3) is 0 Å². The van der Waals surface area contributed by atoms with Gasteiger partial charge < -0.3 is 15.8 Å². The molecule has 0 unspecified atom stereocenters. The monoisotopic (exact) mass is 277 g/mol. The second-order valence-electron chi connectivity index (χ2n) is 3.52. The van der Waals surface area contributed by atoms with Crippen LogP contribution >= 0.6 is 0 Å². The van der Waals surface area contributed by atoms with Gasteiger partial charge in [-0.25, -0.2) is 17.5 Å². The minimum absolute atomic E-state index is 0.0766. The quantitative estimate of drug-likeness (QED) is 0.654. The number of ether oxygens (including phenoxy) is 1. The number of nitrogens with one attached hydrogen (secondary N) is 2. The molecule has 0 heterocycles. The molecule has 0 aromatic heterocycles. The molecule has 0 saturated heterocycles. The molecule has 0 amide bonds. The largest absolute Gasteiger partial charge is 0.495 e. The van der Waals surface area contributed by atoms with Crippen LogP contribution in [0.2, 0.25) is 0 Å². The Morgan fingerprint density at radius 2 is 2.11 bits per heavy atom. The molecule has 1 aromatic carbocycles. The molecule has 0 fully saturated rings. The van der Waals surface area contributed by atoms with Crippen molar-refractivity contribution in [1.82, 2.24) is 4.72 Å². The first kappa shape index (κ1) is 14.5. The fourth-order valence-corrected chi connectivity index (χ4v) is 1.88. The summed E-state index contributed by atoms with van der Waals surface area (Å²) in [5.41, 5.74) is 5.85. The van der Waals surface area contributed by atoms with Gasteiger partial charge in [0.1, 0.15) is 11.6 Å². The van der Waals surface area contributed by atoms with Crippen molar-refractivity contribution in [3.05, 3.63) is 17.9 Å². The predicted molar refractivity (Wildman–Crippen MR) is 68.7 cm³/mol. The van der Waals surface area contributed by atoms with Crippen LogP contribution in [0, 0.1) is 5.82 Å². The van der Waals surface area contributed by atoms with Crippen molar-refractivity contribution in [2.45, 2.75) is 0 Å². The van der Waals surface area contributed by atoms with E-state index in [0.29, 0.717) is 5.75 Å². The highest BCUT2D eigenvalue weighted by atomic mass is 32.2. The number of rotatable bonds is 6. The number of anilines is 2. The van der Waals surface area contributed by atoms with Crippen LogP contribution in [-0.2, 0) is 10.0 Å². The molecular weight excluding hydrogens is 261 g/mol. The van der Waals surface area contributed by atoms with E-state index in [0.717, 1.165) is 6.07 Å². The van der Waals surface area contributed by atoms with Gasteiger partial charge in [0, 0.05) is 18.7 Å². The van der Waals surface area contributed by atoms with Gasteiger partial charge in [-0.15, -0.1) is 0 Å². The Morgan fingerprint density at radius 3 is 2.67 bits per heavy atom. The minimum atomic E-state index is -3.32. The van der Waals surface area contributed by atoms with Crippen molar-refractivity contribution < 1.29 is 17.5 Å². The summed E-state index contributed by atoms with van der Waals surface area (Å²) < 4.78 is 42.9. The number of hydrogen-bond donors (Lipinski definition) is 3. The molecule has 0 atom stereocenters. The van der Waals surface area contributed by atoms with Crippen LogP contribution in [0.5, 0.6) is 5.75 Å². The number of nitrogens with two attached hydrogens (primary N) is 1. The molecule has 102 valence electrons. The van der Waals surface area contributed by atoms with E-state index >= 15 is 0 Å². The van der Waals surface area contributed by atoms with Crippen LogP contribution in [0.15, 0.2) is 12.1 Å². The third-order valence-corrected chi connectivity index (χ3v) is 3.68. The van der Waals surface area contributed by atoms with E-state index < -0.39 is 15.8 Å². The lowest BCUT2D eigenvalue weighted by Crippen LogP contribution is -2.26. The fourth-order valence-electron chi connectivity index (χ4n) is 1.30. The molecule has 0 aliphatic carbocycles. The predicted octanol–water partition coefficient (Wildman–Crippen LogP) is 0.378. The van der Waals surface area contributed by atoms with Gasteiger partial charge in [-0.05, 0) is 7.05 Å². The molecule has 0 spiro atoms. The highest BCUT2D eigenvalue weighted by Gasteiger charge is 2.10. The number of hydrogen-bond acceptors (Lipinski definition) is 5. The van der Waals surface area contributed by atoms with Crippen molar-refractivity contribution in [3.63, 3.8) is 0 Å². The summed E-state index contributed by atoms with van der Waals surface area (Å²) in [4.78, 5) is 0. The molecule has 6 nitrogen and oxygen atoms in total. The summed E-state index contributed by atoms with van der Waals surface area (Å²) in [6.07, 6.45) is 0. The van der Waals surface area contributed by atoms with E-state index in [2.05, 4.69) is 10.0 Å². The Morgan fingerprint density at radius 1 is 1.44 bits per heavy atom. The normalized spacial score (nSPS) is 11.3. The summed E-state index contributed by atoms with van der Waals surface area (Å²) >= 11 is 0. The first-order valence-electron chi connectivity index (χ1n) is 5.17. The number of benzene rings is 1. The number of nitrogen functional groups attached to an aromatic ring is 1. The van der Waals surface area contributed by atoms with Crippen LogP contribution in [0.25, 0.3) is 0 Å². The average molecular weight is 277 g/mol. The molecule has 1 rings (SSSR count). The first-order chi connectivity index (χ1) is 8.39. The first-order valence-corrected chi connectivity index (χ1v) is 6.83. The van der Waals surface area contributed by atoms with E-state index in [1.165, 1.54) is 20.2 Å². The maximum atomic E-state index is 13.5. The molecule has 0 aliphatic rings. The van der Waals surface area contributed by atoms with Gasteiger partial charge in [0.05, 0.1) is 24.2 Å². The second-order valence-corrected chi connectivity index (χ2v) is 5.57. The highest BCUT2D eigenvalue weighted by molar-refractivity contribution is 7.89. The Labute approximate surface area is 105 Å². The standard InChI is InChI=1S/C10H16FN3O3S/c1-13-18(15,16)4-3-14-9-6-10(17-2)8(12)5-7(9)11/h5-6,13-14H,3-4,12H2,1-2H3. The van der Waals surface area contributed by atoms with Gasteiger partial charge in [-0.3, -0.25) is 0 Å². The molecule has 0 radical (unpaired) electrons. The van der Waals surface area contributed by atoms with Crippen LogP contribution < -0.4 is 20.5 Å². The van der Waals surface area contributed by atoms with Crippen molar-refractivity contribution in [3.8, 4) is 5.75 Å². The Kier molecular flexibility index (Phi) is 4.74. The summed E-state index contributed by atoms with van der Waals surface area (Å²) in [7, 11) is -0.580. The molecular formula is C10H16FN3O3S. The summed E-state index contributed by atoms with van der Waals surface area (Å²) in [6.45, 7) is 0.0766. The summed E-state index contributed by atoms with van der Waals surface area (Å²) in [5.74, 6) is -0.388. The topological polar surface area (TPSA) is 93.5 Å². The van der Waals surface area contributed by atoms with Crippen LogP contribution in [-0.4, -0.2) is 34.9 Å². The van der Waals surface area contributed by atoms with Crippen molar-refractivity contribution in [2.24, 2.45) is 0 Å². The van der Waals surface area contributed by atoms with Gasteiger partial charge in [0.15, 0.2) is 0 Å². The van der Waals surface area contributed by atoms with Crippen LogP contribution in [0.4, 0.5) is 15.8 Å². The van der Waals surface area contributed by atoms with E-state index in [9.17, 15) is 12.8 Å². The van der Waals surface area contributed by atoms with Gasteiger partial charge in [-0.2, -0.15) is 0 Å². The maximum Gasteiger partial charge on any atom is 0.213 e. The number of sulfonamides is 1. The van der Waals surface area contributed by atoms with E-state index in [4.69, 9.17) is 10.5 Å². The highest BCUT2D eigenvalue weighted by Crippen LogP contribution is 2.27.